The Labute approximate surface area is 196 Å². The van der Waals surface area contributed by atoms with Gasteiger partial charge in [-0.3, -0.25) is 9.59 Å². The number of hydrogen-bond acceptors (Lipinski definition) is 5. The van der Waals surface area contributed by atoms with Gasteiger partial charge in [0.1, 0.15) is 0 Å². The van der Waals surface area contributed by atoms with Crippen molar-refractivity contribution in [3.05, 3.63) is 70.7 Å². The Balaban J connectivity index is 1.62. The van der Waals surface area contributed by atoms with E-state index in [4.69, 9.17) is 34.8 Å². The molecular formula is C21H15Cl3N4O2S. The van der Waals surface area contributed by atoms with E-state index in [2.05, 4.69) is 15.4 Å². The summed E-state index contributed by atoms with van der Waals surface area (Å²) in [6.45, 7) is 0. The molecule has 6 nitrogen and oxygen atoms in total. The highest BCUT2D eigenvalue weighted by Crippen LogP contribution is 2.31. The number of benzene rings is 1. The number of rotatable bonds is 6. The highest BCUT2D eigenvalue weighted by atomic mass is 35.6. The fourth-order valence-corrected chi connectivity index (χ4v) is 4.01. The van der Waals surface area contributed by atoms with Gasteiger partial charge in [0, 0.05) is 30.3 Å². The van der Waals surface area contributed by atoms with Crippen LogP contribution in [0.25, 0.3) is 16.9 Å². The first-order valence-electron chi connectivity index (χ1n) is 9.20. The summed E-state index contributed by atoms with van der Waals surface area (Å²) < 4.78 is 0.144. The summed E-state index contributed by atoms with van der Waals surface area (Å²) in [4.78, 5) is 29.9. The van der Waals surface area contributed by atoms with Gasteiger partial charge in [-0.25, -0.2) is 9.50 Å². The van der Waals surface area contributed by atoms with Crippen molar-refractivity contribution < 1.29 is 9.59 Å². The molecule has 1 N–H and O–H groups in total. The molecule has 1 amide bonds. The summed E-state index contributed by atoms with van der Waals surface area (Å²) in [5, 5.41) is 9.03. The molecule has 0 atom stereocenters. The van der Waals surface area contributed by atoms with E-state index in [0.717, 1.165) is 11.3 Å². The lowest BCUT2D eigenvalue weighted by Gasteiger charge is -2.11. The molecule has 0 saturated heterocycles. The summed E-state index contributed by atoms with van der Waals surface area (Å²) in [7, 11) is 0. The molecule has 4 rings (SSSR count). The minimum absolute atomic E-state index is 0.0770. The van der Waals surface area contributed by atoms with Gasteiger partial charge in [0.15, 0.2) is 9.44 Å². The van der Waals surface area contributed by atoms with Gasteiger partial charge in [-0.15, -0.1) is 11.3 Å². The van der Waals surface area contributed by atoms with Crippen LogP contribution in [0.5, 0.6) is 0 Å². The number of amides is 1. The molecule has 0 fully saturated rings. The first kappa shape index (κ1) is 21.8. The number of aromatic nitrogens is 3. The third kappa shape index (κ3) is 5.07. The van der Waals surface area contributed by atoms with Gasteiger partial charge in [0.2, 0.25) is 11.7 Å². The second-order valence-electron chi connectivity index (χ2n) is 6.67. The number of thiophene rings is 1. The van der Waals surface area contributed by atoms with Crippen molar-refractivity contribution in [3.8, 4) is 11.3 Å². The largest absolute Gasteiger partial charge is 0.326 e. The van der Waals surface area contributed by atoms with Crippen LogP contribution in [0.2, 0.25) is 0 Å². The van der Waals surface area contributed by atoms with Crippen molar-refractivity contribution in [2.24, 2.45) is 0 Å². The van der Waals surface area contributed by atoms with E-state index in [1.54, 1.807) is 28.9 Å². The maximum atomic E-state index is 12.8. The third-order valence-corrected chi connectivity index (χ3v) is 5.90. The number of ketones is 1. The zero-order chi connectivity index (χ0) is 22.0. The zero-order valence-electron chi connectivity index (χ0n) is 15.9. The predicted molar refractivity (Wildman–Crippen MR) is 124 cm³/mol. The highest BCUT2D eigenvalue weighted by molar-refractivity contribution is 7.12. The van der Waals surface area contributed by atoms with Gasteiger partial charge in [0.05, 0.1) is 22.3 Å². The van der Waals surface area contributed by atoms with Crippen LogP contribution in [0.15, 0.2) is 60.2 Å². The summed E-state index contributed by atoms with van der Waals surface area (Å²) >= 11 is 18.5. The molecule has 1 aromatic carbocycles. The Kier molecular flexibility index (Phi) is 6.29. The van der Waals surface area contributed by atoms with E-state index < -0.39 is 3.79 Å². The number of halogens is 3. The maximum absolute atomic E-state index is 12.8. The third-order valence-electron chi connectivity index (χ3n) is 4.47. The Morgan fingerprint density at radius 2 is 1.97 bits per heavy atom. The molecule has 0 saturated carbocycles. The van der Waals surface area contributed by atoms with E-state index in [-0.39, 0.29) is 24.5 Å². The van der Waals surface area contributed by atoms with Gasteiger partial charge < -0.3 is 5.32 Å². The van der Waals surface area contributed by atoms with Crippen LogP contribution in [0.3, 0.4) is 0 Å². The molecule has 3 aromatic heterocycles. The number of nitrogens with one attached hydrogen (secondary N) is 1. The normalized spacial score (nSPS) is 11.6. The summed E-state index contributed by atoms with van der Waals surface area (Å²) in [6, 6.07) is 12.7. The lowest BCUT2D eigenvalue weighted by atomic mass is 10.1. The quantitative estimate of drug-likeness (QED) is 0.273. The van der Waals surface area contributed by atoms with E-state index in [9.17, 15) is 9.59 Å². The fourth-order valence-electron chi connectivity index (χ4n) is 3.05. The smallest absolute Gasteiger partial charge is 0.224 e. The van der Waals surface area contributed by atoms with Crippen LogP contribution in [-0.4, -0.2) is 30.1 Å². The molecule has 0 unspecified atom stereocenters. The molecule has 10 heteroatoms. The summed E-state index contributed by atoms with van der Waals surface area (Å²) in [6.07, 6.45) is 3.34. The molecule has 0 spiro atoms. The first-order valence-corrected chi connectivity index (χ1v) is 11.2. The summed E-state index contributed by atoms with van der Waals surface area (Å²) in [5.74, 6) is -0.379. The van der Waals surface area contributed by atoms with Gasteiger partial charge in [0.25, 0.3) is 0 Å². The van der Waals surface area contributed by atoms with Crippen molar-refractivity contribution in [3.63, 3.8) is 0 Å². The highest BCUT2D eigenvalue weighted by Gasteiger charge is 2.21. The van der Waals surface area contributed by atoms with Gasteiger partial charge in [-0.05, 0) is 29.6 Å². The topological polar surface area (TPSA) is 76.4 Å². The average Bonchev–Trinajstić information content (AvgIpc) is 3.41. The van der Waals surface area contributed by atoms with E-state index in [1.807, 2.05) is 29.6 Å². The Bertz CT molecular complexity index is 1250. The van der Waals surface area contributed by atoms with Crippen LogP contribution < -0.4 is 5.32 Å². The lowest BCUT2D eigenvalue weighted by molar-refractivity contribution is -0.116. The van der Waals surface area contributed by atoms with Crippen molar-refractivity contribution in [2.75, 3.05) is 5.32 Å². The van der Waals surface area contributed by atoms with Crippen LogP contribution in [0.1, 0.15) is 28.1 Å². The van der Waals surface area contributed by atoms with Crippen molar-refractivity contribution in [1.82, 2.24) is 14.6 Å². The van der Waals surface area contributed by atoms with Crippen molar-refractivity contribution in [2.45, 2.75) is 16.6 Å². The molecule has 4 aromatic rings. The molecule has 31 heavy (non-hydrogen) atoms. The standard InChI is InChI=1S/C21H15Cl3N4O2S/c22-21(23,24)8-6-18(29)27-14-4-1-3-13(11-14)16-7-9-25-20-15(12-26-28(16)20)19(30)17-5-2-10-31-17/h1-5,7,9-12H,6,8H2,(H,27,29). The second kappa shape index (κ2) is 8.96. The van der Waals surface area contributed by atoms with E-state index in [1.165, 1.54) is 17.5 Å². The fraction of sp³-hybridized carbons (Fsp3) is 0.143. The summed E-state index contributed by atoms with van der Waals surface area (Å²) in [5.41, 5.74) is 3.02. The van der Waals surface area contributed by atoms with Crippen LogP contribution in [0, 0.1) is 0 Å². The van der Waals surface area contributed by atoms with Crippen molar-refractivity contribution >= 4 is 69.2 Å². The average molecular weight is 494 g/mol. The molecule has 0 aliphatic rings. The Hall–Kier alpha value is -2.45. The lowest BCUT2D eigenvalue weighted by Crippen LogP contribution is -2.14. The van der Waals surface area contributed by atoms with Crippen LogP contribution in [-0.2, 0) is 4.79 Å². The van der Waals surface area contributed by atoms with Gasteiger partial charge >= 0.3 is 0 Å². The molecule has 158 valence electrons. The maximum Gasteiger partial charge on any atom is 0.224 e. The molecule has 3 heterocycles. The minimum Gasteiger partial charge on any atom is -0.326 e. The number of carbonyl (C=O) groups excluding carboxylic acids is 2. The van der Waals surface area contributed by atoms with Gasteiger partial charge in [-0.1, -0.05) is 53.0 Å². The number of fused-ring (bicyclic) bond motifs is 1. The van der Waals surface area contributed by atoms with E-state index >= 15 is 0 Å². The molecular weight excluding hydrogens is 479 g/mol. The number of anilines is 1. The SMILES string of the molecule is O=C(CCC(Cl)(Cl)Cl)Nc1cccc(-c2ccnc3c(C(=O)c4cccs4)cnn23)c1. The Morgan fingerprint density at radius 1 is 1.13 bits per heavy atom. The minimum atomic E-state index is -1.47. The monoisotopic (exact) mass is 492 g/mol. The number of nitrogens with zero attached hydrogens (tertiary/aromatic N) is 3. The Morgan fingerprint density at radius 3 is 2.71 bits per heavy atom. The second-order valence-corrected chi connectivity index (χ2v) is 10.1. The van der Waals surface area contributed by atoms with Gasteiger partial charge in [-0.2, -0.15) is 5.10 Å². The van der Waals surface area contributed by atoms with E-state index in [0.29, 0.717) is 21.8 Å². The predicted octanol–water partition coefficient (Wildman–Crippen LogP) is 5.78. The number of alkyl halides is 3. The molecule has 0 aliphatic carbocycles. The molecule has 0 bridgehead atoms. The van der Waals surface area contributed by atoms with Crippen LogP contribution >= 0.6 is 46.1 Å². The van der Waals surface area contributed by atoms with Crippen LogP contribution in [0.4, 0.5) is 5.69 Å². The number of carbonyl (C=O) groups is 2. The molecule has 0 radical (unpaired) electrons. The number of hydrogen-bond donors (Lipinski definition) is 1. The molecule has 0 aliphatic heterocycles. The zero-order valence-corrected chi connectivity index (χ0v) is 19.0. The van der Waals surface area contributed by atoms with Crippen molar-refractivity contribution in [1.29, 1.82) is 0 Å². The first-order chi connectivity index (χ1) is 14.8.